The number of nitrogens with zero attached hydrogens (tertiary/aromatic N) is 2. The Kier molecular flexibility index (Phi) is 2.19. The molecule has 0 unspecified atom stereocenters. The fourth-order valence-corrected chi connectivity index (χ4v) is 1.55. The fraction of sp³-hybridized carbons (Fsp3) is 0.273. The van der Waals surface area contributed by atoms with Gasteiger partial charge in [0.1, 0.15) is 6.04 Å². The van der Waals surface area contributed by atoms with E-state index in [0.717, 1.165) is 5.56 Å². The molecule has 1 aliphatic heterocycles. The fourth-order valence-electron chi connectivity index (χ4n) is 1.55. The van der Waals surface area contributed by atoms with E-state index in [1.807, 2.05) is 30.3 Å². The summed E-state index contributed by atoms with van der Waals surface area (Å²) >= 11 is 0. The Morgan fingerprint density at radius 2 is 2.14 bits per heavy atom. The lowest BCUT2D eigenvalue weighted by Gasteiger charge is -2.35. The quantitative estimate of drug-likeness (QED) is 0.653. The van der Waals surface area contributed by atoms with Gasteiger partial charge in [-0.3, -0.25) is 4.79 Å². The highest BCUT2D eigenvalue weighted by atomic mass is 16.2. The molecule has 0 N–H and O–H groups in total. The van der Waals surface area contributed by atoms with Crippen LogP contribution in [-0.2, 0) is 11.3 Å². The van der Waals surface area contributed by atoms with Crippen molar-refractivity contribution in [2.75, 3.05) is 0 Å². The number of amides is 1. The van der Waals surface area contributed by atoms with E-state index in [9.17, 15) is 4.79 Å². The Hall–Kier alpha value is -1.82. The third-order valence-corrected chi connectivity index (χ3v) is 2.41. The third kappa shape index (κ3) is 1.47. The molecule has 1 saturated heterocycles. The summed E-state index contributed by atoms with van der Waals surface area (Å²) in [6, 6.07) is 11.6. The first-order valence-corrected chi connectivity index (χ1v) is 4.54. The largest absolute Gasteiger partial charge is 0.322 e. The molecule has 1 aromatic rings. The zero-order valence-electron chi connectivity index (χ0n) is 7.68. The number of hydrogen-bond acceptors (Lipinski definition) is 2. The molecule has 1 heterocycles. The van der Waals surface area contributed by atoms with Gasteiger partial charge in [-0.2, -0.15) is 5.26 Å². The molecular weight excluding hydrogens is 176 g/mol. The van der Waals surface area contributed by atoms with Gasteiger partial charge in [-0.25, -0.2) is 0 Å². The zero-order chi connectivity index (χ0) is 9.97. The van der Waals surface area contributed by atoms with Gasteiger partial charge in [0, 0.05) is 6.54 Å². The van der Waals surface area contributed by atoms with Gasteiger partial charge >= 0.3 is 0 Å². The van der Waals surface area contributed by atoms with Crippen molar-refractivity contribution < 1.29 is 4.79 Å². The van der Waals surface area contributed by atoms with Crippen molar-refractivity contribution in [1.29, 1.82) is 5.26 Å². The Balaban J connectivity index is 2.05. The van der Waals surface area contributed by atoms with E-state index in [1.54, 1.807) is 4.90 Å². The molecule has 0 bridgehead atoms. The van der Waals surface area contributed by atoms with Crippen LogP contribution in [0.2, 0.25) is 0 Å². The summed E-state index contributed by atoms with van der Waals surface area (Å²) in [7, 11) is 0. The lowest BCUT2D eigenvalue weighted by molar-refractivity contribution is -0.144. The van der Waals surface area contributed by atoms with Crippen LogP contribution in [0.3, 0.4) is 0 Å². The molecule has 2 rings (SSSR count). The summed E-state index contributed by atoms with van der Waals surface area (Å²) in [5, 5.41) is 8.71. The predicted octanol–water partition coefficient (Wildman–Crippen LogP) is 1.31. The van der Waals surface area contributed by atoms with Gasteiger partial charge in [-0.05, 0) is 5.56 Å². The van der Waals surface area contributed by atoms with Crippen LogP contribution in [0, 0.1) is 11.3 Å². The van der Waals surface area contributed by atoms with Crippen LogP contribution in [0.5, 0.6) is 0 Å². The Bertz CT molecular complexity index is 380. The topological polar surface area (TPSA) is 44.1 Å². The number of benzene rings is 1. The summed E-state index contributed by atoms with van der Waals surface area (Å²) in [6.07, 6.45) is 0.378. The molecular formula is C11H10N2O. The lowest BCUT2D eigenvalue weighted by Crippen LogP contribution is -2.50. The molecule has 1 aromatic carbocycles. The number of nitriles is 1. The second-order valence-electron chi connectivity index (χ2n) is 3.36. The summed E-state index contributed by atoms with van der Waals surface area (Å²) in [4.78, 5) is 12.8. The second-order valence-corrected chi connectivity index (χ2v) is 3.36. The molecule has 1 aliphatic rings. The van der Waals surface area contributed by atoms with Crippen molar-refractivity contribution >= 4 is 5.91 Å². The van der Waals surface area contributed by atoms with Crippen LogP contribution in [0.15, 0.2) is 30.3 Å². The van der Waals surface area contributed by atoms with Crippen molar-refractivity contribution in [3.05, 3.63) is 35.9 Å². The zero-order valence-corrected chi connectivity index (χ0v) is 7.68. The number of carbonyl (C=O) groups is 1. The van der Waals surface area contributed by atoms with Gasteiger partial charge in [-0.15, -0.1) is 0 Å². The molecule has 3 nitrogen and oxygen atoms in total. The van der Waals surface area contributed by atoms with Crippen LogP contribution < -0.4 is 0 Å². The molecule has 1 atom stereocenters. The number of rotatable bonds is 2. The highest BCUT2D eigenvalue weighted by Crippen LogP contribution is 2.21. The van der Waals surface area contributed by atoms with Crippen molar-refractivity contribution in [1.82, 2.24) is 4.90 Å². The number of hydrogen-bond donors (Lipinski definition) is 0. The normalized spacial score (nSPS) is 20.1. The maximum absolute atomic E-state index is 11.2. The van der Waals surface area contributed by atoms with Gasteiger partial charge in [0.05, 0.1) is 12.5 Å². The monoisotopic (exact) mass is 186 g/mol. The summed E-state index contributed by atoms with van der Waals surface area (Å²) in [5.41, 5.74) is 1.07. The lowest BCUT2D eigenvalue weighted by atomic mass is 10.0. The number of likely N-dealkylation sites (tertiary alicyclic amines) is 1. The van der Waals surface area contributed by atoms with Gasteiger partial charge in [0.2, 0.25) is 5.91 Å². The van der Waals surface area contributed by atoms with Crippen LogP contribution in [0.1, 0.15) is 12.0 Å². The molecule has 1 fully saturated rings. The average molecular weight is 186 g/mol. The van der Waals surface area contributed by atoms with E-state index in [2.05, 4.69) is 6.07 Å². The van der Waals surface area contributed by atoms with Crippen molar-refractivity contribution in [2.24, 2.45) is 0 Å². The van der Waals surface area contributed by atoms with Crippen LogP contribution in [-0.4, -0.2) is 16.8 Å². The smallest absolute Gasteiger partial charge is 0.227 e. The van der Waals surface area contributed by atoms with Crippen LogP contribution in [0.25, 0.3) is 0 Å². The Morgan fingerprint density at radius 3 is 2.71 bits per heavy atom. The van der Waals surface area contributed by atoms with E-state index < -0.39 is 0 Å². The third-order valence-electron chi connectivity index (χ3n) is 2.41. The minimum atomic E-state index is -0.220. The maximum atomic E-state index is 11.2. The molecule has 1 amide bonds. The SMILES string of the molecule is N#C[C@@H]1CC(=O)N1Cc1ccccc1. The van der Waals surface area contributed by atoms with Gasteiger partial charge in [0.15, 0.2) is 0 Å². The minimum Gasteiger partial charge on any atom is -0.322 e. The highest BCUT2D eigenvalue weighted by molar-refractivity contribution is 5.84. The molecule has 0 spiro atoms. The van der Waals surface area contributed by atoms with E-state index in [0.29, 0.717) is 13.0 Å². The first-order chi connectivity index (χ1) is 6.81. The van der Waals surface area contributed by atoms with Crippen molar-refractivity contribution in [3.63, 3.8) is 0 Å². The molecule has 3 heteroatoms. The van der Waals surface area contributed by atoms with Gasteiger partial charge in [0.25, 0.3) is 0 Å². The predicted molar refractivity (Wildman–Crippen MR) is 51.0 cm³/mol. The average Bonchev–Trinajstić information content (AvgIpc) is 2.24. The van der Waals surface area contributed by atoms with E-state index in [4.69, 9.17) is 5.26 Å². The summed E-state index contributed by atoms with van der Waals surface area (Å²) in [5.74, 6) is 0.0698. The van der Waals surface area contributed by atoms with E-state index in [-0.39, 0.29) is 11.9 Å². The van der Waals surface area contributed by atoms with Gasteiger partial charge < -0.3 is 4.90 Å². The molecule has 70 valence electrons. The summed E-state index contributed by atoms with van der Waals surface area (Å²) < 4.78 is 0. The maximum Gasteiger partial charge on any atom is 0.227 e. The molecule has 0 radical (unpaired) electrons. The number of carbonyl (C=O) groups excluding carboxylic acids is 1. The molecule has 0 saturated carbocycles. The van der Waals surface area contributed by atoms with Crippen LogP contribution in [0.4, 0.5) is 0 Å². The number of β-lactam (4-membered cyclic amide) rings is 1. The highest BCUT2D eigenvalue weighted by Gasteiger charge is 2.35. The molecule has 0 aromatic heterocycles. The first-order valence-electron chi connectivity index (χ1n) is 4.54. The van der Waals surface area contributed by atoms with Gasteiger partial charge in [-0.1, -0.05) is 30.3 Å². The molecule has 14 heavy (non-hydrogen) atoms. The first kappa shape index (κ1) is 8.76. The minimum absolute atomic E-state index is 0.0698. The second kappa shape index (κ2) is 3.51. The van der Waals surface area contributed by atoms with Crippen LogP contribution >= 0.6 is 0 Å². The Morgan fingerprint density at radius 1 is 1.43 bits per heavy atom. The van der Waals surface area contributed by atoms with Crippen molar-refractivity contribution in [2.45, 2.75) is 19.0 Å². The Labute approximate surface area is 82.6 Å². The standard InChI is InChI=1S/C11H10N2O/c12-7-10-6-11(14)13(10)8-9-4-2-1-3-5-9/h1-5,10H,6,8H2/t10-/m0/s1. The van der Waals surface area contributed by atoms with Crippen molar-refractivity contribution in [3.8, 4) is 6.07 Å². The summed E-state index contributed by atoms with van der Waals surface area (Å²) in [6.45, 7) is 0.553. The van der Waals surface area contributed by atoms with E-state index in [1.165, 1.54) is 0 Å². The van der Waals surface area contributed by atoms with E-state index >= 15 is 0 Å². The molecule has 0 aliphatic carbocycles.